The van der Waals surface area contributed by atoms with Crippen molar-refractivity contribution >= 4 is 0 Å². The third-order valence-electron chi connectivity index (χ3n) is 5.24. The number of aryl methyl sites for hydroxylation is 1. The molecule has 24 heavy (non-hydrogen) atoms. The van der Waals surface area contributed by atoms with Crippen LogP contribution in [0.2, 0.25) is 0 Å². The van der Waals surface area contributed by atoms with Crippen molar-refractivity contribution in [2.24, 2.45) is 11.8 Å². The molecule has 0 radical (unpaired) electrons. The van der Waals surface area contributed by atoms with Gasteiger partial charge in [0.1, 0.15) is 0 Å². The van der Waals surface area contributed by atoms with Gasteiger partial charge in [0, 0.05) is 18.0 Å². The molecule has 0 spiro atoms. The highest BCUT2D eigenvalue weighted by atomic mass is 14.9. The van der Waals surface area contributed by atoms with E-state index in [4.69, 9.17) is 0 Å². The smallest absolute Gasteiger partial charge is 0.159 e. The van der Waals surface area contributed by atoms with Crippen LogP contribution in [-0.4, -0.2) is 9.97 Å². The topological polar surface area (TPSA) is 25.8 Å². The molecule has 1 aromatic heterocycles. The van der Waals surface area contributed by atoms with Crippen LogP contribution < -0.4 is 0 Å². The van der Waals surface area contributed by atoms with Gasteiger partial charge < -0.3 is 0 Å². The van der Waals surface area contributed by atoms with E-state index in [1.807, 2.05) is 33.2 Å². The summed E-state index contributed by atoms with van der Waals surface area (Å²) < 4.78 is 0. The largest absolute Gasteiger partial charge is 0.236 e. The van der Waals surface area contributed by atoms with Gasteiger partial charge in [0.2, 0.25) is 0 Å². The molecule has 3 rings (SSSR count). The molecule has 2 heteroatoms. The number of aromatic nitrogens is 2. The summed E-state index contributed by atoms with van der Waals surface area (Å²) in [5.41, 5.74) is 3.66. The van der Waals surface area contributed by atoms with E-state index in [0.29, 0.717) is 5.92 Å². The molecule has 2 aromatic rings. The first-order valence-electron chi connectivity index (χ1n) is 9.52. The minimum absolute atomic E-state index is 0.653. The quantitative estimate of drug-likeness (QED) is 0.652. The highest BCUT2D eigenvalue weighted by Crippen LogP contribution is 2.38. The molecular weight excluding hydrogens is 292 g/mol. The number of nitrogens with zero attached hydrogens (tertiary/aromatic N) is 2. The number of rotatable bonds is 3. The van der Waals surface area contributed by atoms with E-state index in [1.54, 1.807) is 0 Å². The van der Waals surface area contributed by atoms with Crippen molar-refractivity contribution in [1.82, 2.24) is 9.97 Å². The predicted octanol–water partition coefficient (Wildman–Crippen LogP) is 6.41. The second kappa shape index (κ2) is 8.96. The lowest BCUT2D eigenvalue weighted by molar-refractivity contribution is 0.261. The Balaban J connectivity index is 0.00000100. The van der Waals surface area contributed by atoms with Gasteiger partial charge in [0.15, 0.2) is 5.82 Å². The molecule has 1 fully saturated rings. The summed E-state index contributed by atoms with van der Waals surface area (Å²) >= 11 is 0. The van der Waals surface area contributed by atoms with Crippen LogP contribution >= 0.6 is 0 Å². The van der Waals surface area contributed by atoms with E-state index < -0.39 is 0 Å². The summed E-state index contributed by atoms with van der Waals surface area (Å²) in [5, 5.41) is 0. The van der Waals surface area contributed by atoms with E-state index in [1.165, 1.54) is 31.2 Å². The van der Waals surface area contributed by atoms with Crippen LogP contribution in [0.1, 0.15) is 70.4 Å². The first-order chi connectivity index (χ1) is 11.6. The summed E-state index contributed by atoms with van der Waals surface area (Å²) in [5.74, 6) is 3.24. The molecule has 1 heterocycles. The van der Waals surface area contributed by atoms with Crippen molar-refractivity contribution in [3.8, 4) is 11.4 Å². The highest BCUT2D eigenvalue weighted by Gasteiger charge is 2.24. The fourth-order valence-corrected chi connectivity index (χ4v) is 3.54. The fraction of sp³-hybridized carbons (Fsp3) is 0.545. The van der Waals surface area contributed by atoms with Gasteiger partial charge in [0.25, 0.3) is 0 Å². The Kier molecular flexibility index (Phi) is 6.96. The molecule has 0 N–H and O–H groups in total. The average molecular weight is 325 g/mol. The lowest BCUT2D eigenvalue weighted by atomic mass is 9.75. The van der Waals surface area contributed by atoms with Crippen LogP contribution in [0.15, 0.2) is 36.7 Å². The van der Waals surface area contributed by atoms with Crippen LogP contribution in [0, 0.1) is 18.8 Å². The molecule has 1 atom stereocenters. The van der Waals surface area contributed by atoms with Crippen molar-refractivity contribution in [1.29, 1.82) is 0 Å². The fourth-order valence-electron chi connectivity index (χ4n) is 3.54. The standard InChI is InChI=1S/C20H26N2.C2H6/c1-14-4-6-17(7-5-14)16(3)18-8-10-19(11-9-18)20-21-12-15(2)13-22-20;1-2/h8-14,16-17H,4-7H2,1-3H3;1-2H3. The normalized spacial score (nSPS) is 21.5. The Morgan fingerprint density at radius 2 is 1.46 bits per heavy atom. The maximum atomic E-state index is 4.41. The zero-order valence-electron chi connectivity index (χ0n) is 15.9. The van der Waals surface area contributed by atoms with Gasteiger partial charge in [-0.05, 0) is 48.6 Å². The summed E-state index contributed by atoms with van der Waals surface area (Å²) in [4.78, 5) is 8.82. The maximum Gasteiger partial charge on any atom is 0.159 e. The Morgan fingerprint density at radius 3 is 2.00 bits per heavy atom. The van der Waals surface area contributed by atoms with Gasteiger partial charge in [-0.15, -0.1) is 0 Å². The maximum absolute atomic E-state index is 4.41. The molecule has 2 nitrogen and oxygen atoms in total. The summed E-state index contributed by atoms with van der Waals surface area (Å²) in [6.07, 6.45) is 9.30. The minimum Gasteiger partial charge on any atom is -0.236 e. The number of benzene rings is 1. The zero-order chi connectivity index (χ0) is 17.5. The molecule has 130 valence electrons. The SMILES string of the molecule is CC.Cc1cnc(-c2ccc(C(C)C3CCC(C)CC3)cc2)nc1. The van der Waals surface area contributed by atoms with Crippen LogP contribution in [0.4, 0.5) is 0 Å². The molecule has 0 aliphatic heterocycles. The van der Waals surface area contributed by atoms with Gasteiger partial charge in [-0.1, -0.05) is 64.8 Å². The van der Waals surface area contributed by atoms with E-state index >= 15 is 0 Å². The summed E-state index contributed by atoms with van der Waals surface area (Å²) in [6, 6.07) is 8.87. The van der Waals surface area contributed by atoms with E-state index in [9.17, 15) is 0 Å². The van der Waals surface area contributed by atoms with Gasteiger partial charge in [0.05, 0.1) is 0 Å². The molecule has 0 bridgehead atoms. The summed E-state index contributed by atoms with van der Waals surface area (Å²) in [7, 11) is 0. The van der Waals surface area contributed by atoms with Crippen molar-refractivity contribution < 1.29 is 0 Å². The minimum atomic E-state index is 0.653. The first kappa shape index (κ1) is 18.6. The molecule has 1 unspecified atom stereocenters. The Hall–Kier alpha value is -1.70. The monoisotopic (exact) mass is 324 g/mol. The van der Waals surface area contributed by atoms with Gasteiger partial charge in [-0.3, -0.25) is 0 Å². The number of hydrogen-bond donors (Lipinski definition) is 0. The van der Waals surface area contributed by atoms with Gasteiger partial charge in [-0.2, -0.15) is 0 Å². The molecule has 1 saturated carbocycles. The Morgan fingerprint density at radius 1 is 0.917 bits per heavy atom. The van der Waals surface area contributed by atoms with Crippen LogP contribution in [0.3, 0.4) is 0 Å². The summed E-state index contributed by atoms with van der Waals surface area (Å²) in [6.45, 7) is 10.8. The molecule has 0 amide bonds. The van der Waals surface area contributed by atoms with Gasteiger partial charge >= 0.3 is 0 Å². The van der Waals surface area contributed by atoms with E-state index in [2.05, 4.69) is 48.1 Å². The van der Waals surface area contributed by atoms with Crippen molar-refractivity contribution in [3.05, 3.63) is 47.8 Å². The lowest BCUT2D eigenvalue weighted by Crippen LogP contribution is -2.17. The Labute approximate surface area is 147 Å². The molecule has 1 aliphatic rings. The molecule has 1 aliphatic carbocycles. The zero-order valence-corrected chi connectivity index (χ0v) is 15.9. The predicted molar refractivity (Wildman–Crippen MR) is 103 cm³/mol. The van der Waals surface area contributed by atoms with Crippen molar-refractivity contribution in [2.75, 3.05) is 0 Å². The second-order valence-electron chi connectivity index (χ2n) is 7.01. The van der Waals surface area contributed by atoms with Crippen molar-refractivity contribution in [3.63, 3.8) is 0 Å². The van der Waals surface area contributed by atoms with E-state index in [0.717, 1.165) is 28.8 Å². The van der Waals surface area contributed by atoms with Gasteiger partial charge in [-0.25, -0.2) is 9.97 Å². The highest BCUT2D eigenvalue weighted by molar-refractivity contribution is 5.55. The third kappa shape index (κ3) is 4.66. The Bertz CT molecular complexity index is 593. The average Bonchev–Trinajstić information content (AvgIpc) is 2.64. The number of hydrogen-bond acceptors (Lipinski definition) is 2. The molecule has 1 aromatic carbocycles. The molecule has 0 saturated heterocycles. The second-order valence-corrected chi connectivity index (χ2v) is 7.01. The molecular formula is C22H32N2. The van der Waals surface area contributed by atoms with Crippen LogP contribution in [0.5, 0.6) is 0 Å². The lowest BCUT2D eigenvalue weighted by Gasteiger charge is -2.31. The van der Waals surface area contributed by atoms with Crippen LogP contribution in [-0.2, 0) is 0 Å². The van der Waals surface area contributed by atoms with Crippen molar-refractivity contribution in [2.45, 2.75) is 66.2 Å². The van der Waals surface area contributed by atoms with Crippen LogP contribution in [0.25, 0.3) is 11.4 Å². The third-order valence-corrected chi connectivity index (χ3v) is 5.24. The van der Waals surface area contributed by atoms with E-state index in [-0.39, 0.29) is 0 Å². The first-order valence-corrected chi connectivity index (χ1v) is 9.52.